The van der Waals surface area contributed by atoms with Gasteiger partial charge in [-0.25, -0.2) is 0 Å². The molecule has 1 rings (SSSR count). The molecule has 2 N–H and O–H groups in total. The normalized spacial score (nSPS) is 11.6. The van der Waals surface area contributed by atoms with Crippen LogP contribution in [-0.4, -0.2) is 31.1 Å². The summed E-state index contributed by atoms with van der Waals surface area (Å²) in [6, 6.07) is 3.60. The van der Waals surface area contributed by atoms with Crippen LogP contribution < -0.4 is 10.6 Å². The molecule has 0 atom stereocenters. The van der Waals surface area contributed by atoms with Gasteiger partial charge in [0, 0.05) is 11.0 Å². The molecular weight excluding hydrogens is 361 g/mol. The number of nitrogens with one attached hydrogen (secondary N) is 2. The maximum Gasteiger partial charge on any atom is 0.405 e. The van der Waals surface area contributed by atoms with E-state index in [2.05, 4.69) is 21.2 Å². The van der Waals surface area contributed by atoms with Crippen LogP contribution in [0.4, 0.5) is 13.2 Å². The summed E-state index contributed by atoms with van der Waals surface area (Å²) in [6.45, 7) is -1.92. The highest BCUT2D eigenvalue weighted by molar-refractivity contribution is 9.11. The Balaban J connectivity index is 2.29. The molecule has 110 valence electrons. The van der Waals surface area contributed by atoms with E-state index in [0.29, 0.717) is 0 Å². The summed E-state index contributed by atoms with van der Waals surface area (Å²) in [6.07, 6.45) is -1.72. The summed E-state index contributed by atoms with van der Waals surface area (Å²) < 4.78 is 36.3. The third kappa shape index (κ3) is 7.29. The molecule has 1 aromatic rings. The highest BCUT2D eigenvalue weighted by Crippen LogP contribution is 2.22. The third-order valence-electron chi connectivity index (χ3n) is 1.90. The molecule has 0 saturated heterocycles. The third-order valence-corrected chi connectivity index (χ3v) is 3.49. The Hall–Kier alpha value is -1.35. The molecule has 1 heterocycles. The fraction of sp³-hybridized carbons (Fsp3) is 0.273. The van der Waals surface area contributed by atoms with Crippen LogP contribution in [-0.2, 0) is 9.59 Å². The average Bonchev–Trinajstić information content (AvgIpc) is 2.76. The van der Waals surface area contributed by atoms with E-state index in [1.165, 1.54) is 17.4 Å². The standard InChI is InChI=1S/C11H10BrF3N2O2S/c12-8-3-1-7(20-8)2-4-9(18)16-5-10(19)17-6-11(13,14)15/h1-4H,5-6H2,(H,16,18)(H,17,19)/b4-2+. The van der Waals surface area contributed by atoms with Gasteiger partial charge in [0.15, 0.2) is 0 Å². The predicted molar refractivity (Wildman–Crippen MR) is 73.1 cm³/mol. The van der Waals surface area contributed by atoms with Crippen molar-refractivity contribution in [2.75, 3.05) is 13.1 Å². The zero-order chi connectivity index (χ0) is 15.2. The first-order valence-electron chi connectivity index (χ1n) is 5.31. The van der Waals surface area contributed by atoms with Crippen LogP contribution in [0.1, 0.15) is 4.88 Å². The predicted octanol–water partition coefficient (Wildman–Crippen LogP) is 2.32. The lowest BCUT2D eigenvalue weighted by Gasteiger charge is -2.08. The second-order valence-electron chi connectivity index (χ2n) is 3.58. The highest BCUT2D eigenvalue weighted by Gasteiger charge is 2.27. The molecule has 9 heteroatoms. The van der Waals surface area contributed by atoms with Crippen molar-refractivity contribution in [3.05, 3.63) is 26.9 Å². The largest absolute Gasteiger partial charge is 0.405 e. The molecule has 0 fully saturated rings. The number of thiophene rings is 1. The number of amides is 2. The smallest absolute Gasteiger partial charge is 0.345 e. The minimum Gasteiger partial charge on any atom is -0.345 e. The van der Waals surface area contributed by atoms with Gasteiger partial charge >= 0.3 is 6.18 Å². The van der Waals surface area contributed by atoms with Crippen LogP contribution in [0.5, 0.6) is 0 Å². The summed E-state index contributed by atoms with van der Waals surface area (Å²) in [7, 11) is 0. The van der Waals surface area contributed by atoms with E-state index in [0.717, 1.165) is 8.66 Å². The Morgan fingerprint density at radius 1 is 1.30 bits per heavy atom. The summed E-state index contributed by atoms with van der Waals surface area (Å²) in [4.78, 5) is 23.2. The lowest BCUT2D eigenvalue weighted by atomic mass is 10.4. The molecule has 0 aliphatic carbocycles. The molecule has 0 radical (unpaired) electrons. The van der Waals surface area contributed by atoms with Crippen molar-refractivity contribution in [1.29, 1.82) is 0 Å². The van der Waals surface area contributed by atoms with Gasteiger partial charge in [-0.1, -0.05) is 0 Å². The number of hydrogen-bond acceptors (Lipinski definition) is 3. The van der Waals surface area contributed by atoms with Crippen LogP contribution in [0.2, 0.25) is 0 Å². The van der Waals surface area contributed by atoms with E-state index < -0.39 is 31.1 Å². The average molecular weight is 371 g/mol. The van der Waals surface area contributed by atoms with Gasteiger partial charge in [0.25, 0.3) is 0 Å². The summed E-state index contributed by atoms with van der Waals surface area (Å²) >= 11 is 4.67. The molecular formula is C11H10BrF3N2O2S. The van der Waals surface area contributed by atoms with Crippen LogP contribution in [0, 0.1) is 0 Å². The number of carbonyl (C=O) groups excluding carboxylic acids is 2. The van der Waals surface area contributed by atoms with Crippen molar-refractivity contribution in [3.8, 4) is 0 Å². The van der Waals surface area contributed by atoms with E-state index in [1.54, 1.807) is 17.5 Å². The van der Waals surface area contributed by atoms with Gasteiger partial charge in [0.05, 0.1) is 10.3 Å². The van der Waals surface area contributed by atoms with E-state index in [-0.39, 0.29) is 0 Å². The topological polar surface area (TPSA) is 58.2 Å². The quantitative estimate of drug-likeness (QED) is 0.781. The van der Waals surface area contributed by atoms with Gasteiger partial charge in [-0.3, -0.25) is 9.59 Å². The zero-order valence-electron chi connectivity index (χ0n) is 9.96. The first-order chi connectivity index (χ1) is 9.26. The molecule has 1 aromatic heterocycles. The maximum absolute atomic E-state index is 11.8. The number of rotatable bonds is 5. The molecule has 0 aliphatic rings. The Morgan fingerprint density at radius 2 is 2.00 bits per heavy atom. The molecule has 0 bridgehead atoms. The highest BCUT2D eigenvalue weighted by atomic mass is 79.9. The van der Waals surface area contributed by atoms with E-state index in [1.807, 2.05) is 6.07 Å². The van der Waals surface area contributed by atoms with Gasteiger partial charge in [-0.15, -0.1) is 11.3 Å². The van der Waals surface area contributed by atoms with Gasteiger partial charge in [0.1, 0.15) is 6.54 Å². The molecule has 4 nitrogen and oxygen atoms in total. The van der Waals surface area contributed by atoms with E-state index in [9.17, 15) is 22.8 Å². The Kier molecular flexibility index (Phi) is 6.21. The number of halogens is 4. The van der Waals surface area contributed by atoms with Crippen molar-refractivity contribution < 1.29 is 22.8 Å². The monoisotopic (exact) mass is 370 g/mol. The van der Waals surface area contributed by atoms with Gasteiger partial charge in [0.2, 0.25) is 11.8 Å². The molecule has 0 spiro atoms. The van der Waals surface area contributed by atoms with Crippen LogP contribution >= 0.6 is 27.3 Å². The zero-order valence-corrected chi connectivity index (χ0v) is 12.4. The Morgan fingerprint density at radius 3 is 2.55 bits per heavy atom. The molecule has 0 unspecified atom stereocenters. The summed E-state index contributed by atoms with van der Waals surface area (Å²) in [5, 5.41) is 3.83. The lowest BCUT2D eigenvalue weighted by Crippen LogP contribution is -2.40. The van der Waals surface area contributed by atoms with Gasteiger partial charge in [-0.05, 0) is 34.1 Å². The summed E-state index contributed by atoms with van der Waals surface area (Å²) in [5.74, 6) is -1.46. The molecule has 0 aliphatic heterocycles. The SMILES string of the molecule is O=C(/C=C/c1ccc(Br)s1)NCC(=O)NCC(F)(F)F. The Labute approximate surface area is 125 Å². The molecule has 2 amide bonds. The minimum absolute atomic E-state index is 0.507. The van der Waals surface area contributed by atoms with Crippen molar-refractivity contribution >= 4 is 45.2 Å². The second-order valence-corrected chi connectivity index (χ2v) is 6.08. The second kappa shape index (κ2) is 7.44. The van der Waals surface area contributed by atoms with Crippen LogP contribution in [0.3, 0.4) is 0 Å². The molecule has 0 saturated carbocycles. The first kappa shape index (κ1) is 16.7. The first-order valence-corrected chi connectivity index (χ1v) is 6.92. The fourth-order valence-corrected chi connectivity index (χ4v) is 2.39. The van der Waals surface area contributed by atoms with Crippen molar-refractivity contribution in [2.24, 2.45) is 0 Å². The molecule has 20 heavy (non-hydrogen) atoms. The Bertz CT molecular complexity index is 514. The van der Waals surface area contributed by atoms with Gasteiger partial charge in [-0.2, -0.15) is 13.2 Å². The maximum atomic E-state index is 11.8. The van der Waals surface area contributed by atoms with Crippen molar-refractivity contribution in [3.63, 3.8) is 0 Å². The van der Waals surface area contributed by atoms with Crippen molar-refractivity contribution in [2.45, 2.75) is 6.18 Å². The fourth-order valence-electron chi connectivity index (χ4n) is 1.06. The van der Waals surface area contributed by atoms with Crippen molar-refractivity contribution in [1.82, 2.24) is 10.6 Å². The van der Waals surface area contributed by atoms with Crippen LogP contribution in [0.25, 0.3) is 6.08 Å². The molecule has 0 aromatic carbocycles. The number of hydrogen-bond donors (Lipinski definition) is 2. The number of carbonyl (C=O) groups is 2. The van der Waals surface area contributed by atoms with E-state index >= 15 is 0 Å². The minimum atomic E-state index is -4.47. The lowest BCUT2D eigenvalue weighted by molar-refractivity contribution is -0.138. The van der Waals surface area contributed by atoms with E-state index in [4.69, 9.17) is 0 Å². The number of alkyl halides is 3. The van der Waals surface area contributed by atoms with Crippen LogP contribution in [0.15, 0.2) is 22.0 Å². The van der Waals surface area contributed by atoms with Gasteiger partial charge < -0.3 is 10.6 Å². The summed E-state index contributed by atoms with van der Waals surface area (Å²) in [5.41, 5.74) is 0.